The molecule has 1 aromatic rings. The highest BCUT2D eigenvalue weighted by Crippen LogP contribution is 2.61. The molecule has 1 aromatic heterocycles. The van der Waals surface area contributed by atoms with Gasteiger partial charge in [-0.2, -0.15) is 4.31 Å². The van der Waals surface area contributed by atoms with Crippen molar-refractivity contribution in [3.8, 4) is 0 Å². The number of amides is 1. The molecule has 3 rings (SSSR count). The Hall–Kier alpha value is -2.36. The van der Waals surface area contributed by atoms with Gasteiger partial charge in [0.15, 0.2) is 18.6 Å². The number of ether oxygens (including phenoxy) is 2. The lowest BCUT2D eigenvalue weighted by atomic mass is 9.97. The van der Waals surface area contributed by atoms with Crippen molar-refractivity contribution in [3.63, 3.8) is 0 Å². The normalized spacial score (nSPS) is 35.4. The van der Waals surface area contributed by atoms with Gasteiger partial charge in [0.1, 0.15) is 36.6 Å². The fourth-order valence-corrected chi connectivity index (χ4v) is 5.91. The maximum Gasteiger partial charge on any atom is 0.483 e. The summed E-state index contributed by atoms with van der Waals surface area (Å²) in [4.78, 5) is 67.7. The number of aliphatic carboxylic acids is 1. The monoisotopic (exact) mass is 621 g/mol. The first-order valence-corrected chi connectivity index (χ1v) is 14.0. The molecule has 9 N–H and O–H groups in total. The van der Waals surface area contributed by atoms with E-state index >= 15 is 0 Å². The van der Waals surface area contributed by atoms with Crippen molar-refractivity contribution in [2.45, 2.75) is 62.1 Å². The average molecular weight is 621 g/mol. The molecule has 11 atom stereocenters. The van der Waals surface area contributed by atoms with Crippen LogP contribution in [0.3, 0.4) is 0 Å². The Labute approximate surface area is 221 Å². The molecule has 0 bridgehead atoms. The van der Waals surface area contributed by atoms with E-state index in [1.54, 1.807) is 0 Å². The molecule has 0 saturated carbocycles. The van der Waals surface area contributed by atoms with Gasteiger partial charge in [0.2, 0.25) is 5.91 Å². The second-order valence-corrected chi connectivity index (χ2v) is 11.5. The number of rotatable bonds is 10. The van der Waals surface area contributed by atoms with Crippen molar-refractivity contribution in [2.75, 3.05) is 6.61 Å². The summed E-state index contributed by atoms with van der Waals surface area (Å²) in [7, 11) is -11.4. The summed E-state index contributed by atoms with van der Waals surface area (Å²) in [5.41, 5.74) is -1.79. The van der Waals surface area contributed by atoms with E-state index in [1.807, 2.05) is 10.3 Å². The standard InChI is InChI=1S/C17H25N3O18P2/c1-5(21)18-8-10(24)11(25)13(15(27)28)36-16(8)37-40(32,33)38-39(30,31)34-4-6-9(23)12(26)14(35-6)20-3-2-7(22)19-17(20)29/h2-3,6,8-14,16,23-26H,4H2,1H3,(H,18,21)(H,27,28)(H,30,31)(H,32,33)(H,19,22,29)/t6-,8?,9?,10-,11+,12+,13?,14-,16-/m1/s1. The maximum atomic E-state index is 12.4. The molecule has 0 spiro atoms. The Bertz CT molecular complexity index is 1320. The third-order valence-corrected chi connectivity index (χ3v) is 8.12. The van der Waals surface area contributed by atoms with Gasteiger partial charge in [0.05, 0.1) is 6.61 Å². The van der Waals surface area contributed by atoms with Crippen LogP contribution in [-0.4, -0.2) is 112 Å². The number of aliphatic hydroxyl groups is 4. The molecule has 2 aliphatic heterocycles. The molecular weight excluding hydrogens is 596 g/mol. The van der Waals surface area contributed by atoms with Gasteiger partial charge in [0, 0.05) is 19.2 Å². The number of nitrogens with zero attached hydrogens (tertiary/aromatic N) is 1. The van der Waals surface area contributed by atoms with Gasteiger partial charge >= 0.3 is 27.3 Å². The van der Waals surface area contributed by atoms with Crippen molar-refractivity contribution < 1.29 is 76.9 Å². The van der Waals surface area contributed by atoms with Crippen LogP contribution in [0.2, 0.25) is 0 Å². The first-order chi connectivity index (χ1) is 18.4. The van der Waals surface area contributed by atoms with Gasteiger partial charge in [-0.3, -0.25) is 28.2 Å². The van der Waals surface area contributed by atoms with E-state index in [2.05, 4.69) is 13.4 Å². The van der Waals surface area contributed by atoms with E-state index in [1.165, 1.54) is 0 Å². The van der Waals surface area contributed by atoms with Crippen molar-refractivity contribution >= 4 is 27.5 Å². The summed E-state index contributed by atoms with van der Waals surface area (Å²) in [6.07, 6.45) is -14.7. The molecule has 0 aromatic carbocycles. The number of hydrogen-bond acceptors (Lipinski definition) is 15. The summed E-state index contributed by atoms with van der Waals surface area (Å²) in [5.74, 6) is -2.72. The summed E-state index contributed by atoms with van der Waals surface area (Å²) in [5, 5.41) is 51.6. The Morgan fingerprint density at radius 3 is 2.27 bits per heavy atom. The largest absolute Gasteiger partial charge is 0.483 e. The molecule has 0 aliphatic carbocycles. The Balaban J connectivity index is 1.68. The first kappa shape index (κ1) is 32.2. The number of phosphoric ester groups is 2. The van der Waals surface area contributed by atoms with Gasteiger partial charge in [-0.1, -0.05) is 0 Å². The smallest absolute Gasteiger partial charge is 0.479 e. The molecule has 40 heavy (non-hydrogen) atoms. The van der Waals surface area contributed by atoms with Gasteiger partial charge in [-0.15, -0.1) is 0 Å². The molecule has 1 amide bonds. The fourth-order valence-electron chi connectivity index (χ4n) is 3.74. The van der Waals surface area contributed by atoms with E-state index in [0.717, 1.165) is 19.2 Å². The zero-order valence-electron chi connectivity index (χ0n) is 20.0. The number of H-pyrrole nitrogens is 1. The summed E-state index contributed by atoms with van der Waals surface area (Å²) >= 11 is 0. The topological polar surface area (TPSA) is 323 Å². The van der Waals surface area contributed by atoms with Gasteiger partial charge in [-0.05, 0) is 0 Å². The van der Waals surface area contributed by atoms with Gasteiger partial charge < -0.3 is 50.1 Å². The zero-order chi connectivity index (χ0) is 30.2. The first-order valence-electron chi connectivity index (χ1n) is 11.0. The van der Waals surface area contributed by atoms with Crippen molar-refractivity contribution in [3.05, 3.63) is 33.1 Å². The minimum atomic E-state index is -5.76. The molecule has 2 fully saturated rings. The number of aromatic amines is 1. The summed E-state index contributed by atoms with van der Waals surface area (Å²) < 4.78 is 48.7. The summed E-state index contributed by atoms with van der Waals surface area (Å²) in [6.45, 7) is -0.153. The number of phosphoric acid groups is 2. The molecular formula is C17H25N3O18P2. The van der Waals surface area contributed by atoms with Crippen LogP contribution in [0.5, 0.6) is 0 Å². The van der Waals surface area contributed by atoms with Crippen molar-refractivity contribution in [1.29, 1.82) is 0 Å². The van der Waals surface area contributed by atoms with Crippen LogP contribution in [0.4, 0.5) is 0 Å². The lowest BCUT2D eigenvalue weighted by Gasteiger charge is -2.41. The molecule has 2 saturated heterocycles. The number of nitrogens with one attached hydrogen (secondary N) is 2. The molecule has 2 aliphatic rings. The van der Waals surface area contributed by atoms with Crippen molar-refractivity contribution in [1.82, 2.24) is 14.9 Å². The van der Waals surface area contributed by atoms with Crippen molar-refractivity contribution in [2.24, 2.45) is 0 Å². The van der Waals surface area contributed by atoms with Gasteiger partial charge in [-0.25, -0.2) is 18.7 Å². The highest BCUT2D eigenvalue weighted by atomic mass is 31.3. The molecule has 226 valence electrons. The predicted octanol–water partition coefficient (Wildman–Crippen LogP) is -4.56. The highest BCUT2D eigenvalue weighted by molar-refractivity contribution is 7.61. The van der Waals surface area contributed by atoms with E-state index in [4.69, 9.17) is 14.6 Å². The lowest BCUT2D eigenvalue weighted by Crippen LogP contribution is -2.65. The minimum absolute atomic E-state index is 0.700. The van der Waals surface area contributed by atoms with Crippen LogP contribution < -0.4 is 16.6 Å². The Morgan fingerprint density at radius 2 is 1.70 bits per heavy atom. The number of hydrogen-bond donors (Lipinski definition) is 9. The van der Waals surface area contributed by atoms with Crippen LogP contribution >= 0.6 is 15.6 Å². The van der Waals surface area contributed by atoms with Crippen LogP contribution in [0.1, 0.15) is 13.2 Å². The highest BCUT2D eigenvalue weighted by Gasteiger charge is 2.52. The second-order valence-electron chi connectivity index (χ2n) is 8.45. The number of carboxylic acid groups (broad SMARTS) is 1. The molecule has 23 heteroatoms. The molecule has 5 unspecified atom stereocenters. The zero-order valence-corrected chi connectivity index (χ0v) is 21.8. The molecule has 3 heterocycles. The number of aliphatic hydroxyl groups excluding tert-OH is 4. The number of carbonyl (C=O) groups excluding carboxylic acids is 1. The van der Waals surface area contributed by atoms with Crippen LogP contribution in [0.25, 0.3) is 0 Å². The molecule has 21 nitrogen and oxygen atoms in total. The van der Waals surface area contributed by atoms with Crippen LogP contribution in [-0.2, 0) is 41.6 Å². The maximum absolute atomic E-state index is 12.4. The second kappa shape index (κ2) is 12.2. The van der Waals surface area contributed by atoms with Crippen LogP contribution in [0, 0.1) is 0 Å². The number of aromatic nitrogens is 2. The van der Waals surface area contributed by atoms with Crippen LogP contribution in [0.15, 0.2) is 21.9 Å². The number of carboxylic acids is 1. The van der Waals surface area contributed by atoms with Gasteiger partial charge in [0.25, 0.3) is 5.56 Å². The van der Waals surface area contributed by atoms with E-state index in [9.17, 15) is 58.5 Å². The predicted molar refractivity (Wildman–Crippen MR) is 121 cm³/mol. The van der Waals surface area contributed by atoms with E-state index in [0.29, 0.717) is 4.57 Å². The average Bonchev–Trinajstić information content (AvgIpc) is 3.09. The molecule has 0 radical (unpaired) electrons. The van der Waals surface area contributed by atoms with E-state index in [-0.39, 0.29) is 0 Å². The quantitative estimate of drug-likeness (QED) is 0.111. The third kappa shape index (κ3) is 7.47. The fraction of sp³-hybridized carbons (Fsp3) is 0.647. The number of carbonyl (C=O) groups is 2. The van der Waals surface area contributed by atoms with E-state index < -0.39 is 101 Å². The lowest BCUT2D eigenvalue weighted by molar-refractivity contribution is -0.243. The Morgan fingerprint density at radius 1 is 1.05 bits per heavy atom. The minimum Gasteiger partial charge on any atom is -0.479 e. The third-order valence-electron chi connectivity index (χ3n) is 5.52. The Kier molecular flexibility index (Phi) is 9.85. The summed E-state index contributed by atoms with van der Waals surface area (Å²) in [6, 6.07) is -0.949. The SMILES string of the molecule is CC(=O)NC1[C@@H](OP(=O)(O)OP(=O)(O)OC[C@H]2O[C@@H](n3ccc(=O)[nH]c3=O)[C@@H](O)C2O)OC(C(=O)O)[C@@H](O)[C@@H]1O.